The molecule has 1 aliphatic heterocycles. The second kappa shape index (κ2) is 14.0. The van der Waals surface area contributed by atoms with Gasteiger partial charge in [-0.1, -0.05) is 12.5 Å². The van der Waals surface area contributed by atoms with E-state index in [-0.39, 0.29) is 5.82 Å². The Morgan fingerprint density at radius 2 is 1.68 bits per heavy atom. The summed E-state index contributed by atoms with van der Waals surface area (Å²) in [4.78, 5) is 26.2. The number of fused-ring (bicyclic) bond motifs is 1. The molecule has 4 aromatic rings. The molecular formula is C30H31FN4O5. The highest BCUT2D eigenvalue weighted by Gasteiger charge is 2.15. The fourth-order valence-corrected chi connectivity index (χ4v) is 4.46. The van der Waals surface area contributed by atoms with Crippen molar-refractivity contribution in [2.24, 2.45) is 0 Å². The van der Waals surface area contributed by atoms with Crippen molar-refractivity contribution in [1.29, 1.82) is 0 Å². The number of benzene rings is 2. The quantitative estimate of drug-likeness (QED) is 0.218. The molecule has 1 saturated heterocycles. The number of aliphatic carboxylic acids is 2. The number of hydrogen-bond acceptors (Lipinski definition) is 6. The fourth-order valence-electron chi connectivity index (χ4n) is 4.46. The SMILES string of the molecule is Fc1ccc(-c2nn(-c3cccc(OCCCN4CCCCC4)c3)c3ncccc23)cc1.O=C(O)/C=C/C(=O)O. The third kappa shape index (κ3) is 7.97. The molecule has 208 valence electrons. The summed E-state index contributed by atoms with van der Waals surface area (Å²) in [6.45, 7) is 4.21. The molecule has 0 bridgehead atoms. The summed E-state index contributed by atoms with van der Waals surface area (Å²) in [6, 6.07) is 18.2. The summed E-state index contributed by atoms with van der Waals surface area (Å²) >= 11 is 0. The largest absolute Gasteiger partial charge is 0.493 e. The van der Waals surface area contributed by atoms with Crippen LogP contribution in [0.2, 0.25) is 0 Å². The molecule has 0 saturated carbocycles. The van der Waals surface area contributed by atoms with E-state index in [0.29, 0.717) is 18.8 Å². The van der Waals surface area contributed by atoms with Gasteiger partial charge < -0.3 is 19.8 Å². The molecule has 0 aliphatic carbocycles. The van der Waals surface area contributed by atoms with Crippen molar-refractivity contribution in [3.8, 4) is 22.7 Å². The zero-order valence-corrected chi connectivity index (χ0v) is 21.9. The molecule has 1 aliphatic rings. The number of carbonyl (C=O) groups is 2. The van der Waals surface area contributed by atoms with Gasteiger partial charge >= 0.3 is 11.9 Å². The number of rotatable bonds is 9. The third-order valence-electron chi connectivity index (χ3n) is 6.33. The van der Waals surface area contributed by atoms with E-state index < -0.39 is 11.9 Å². The minimum absolute atomic E-state index is 0.263. The van der Waals surface area contributed by atoms with Gasteiger partial charge in [0.2, 0.25) is 0 Å². The minimum atomic E-state index is -1.26. The summed E-state index contributed by atoms with van der Waals surface area (Å²) in [5, 5.41) is 21.4. The van der Waals surface area contributed by atoms with Crippen LogP contribution < -0.4 is 4.74 Å². The van der Waals surface area contributed by atoms with Crippen LogP contribution in [0.3, 0.4) is 0 Å². The van der Waals surface area contributed by atoms with Crippen molar-refractivity contribution >= 4 is 23.0 Å². The first kappa shape index (κ1) is 28.4. The average molecular weight is 547 g/mol. The van der Waals surface area contributed by atoms with Crippen LogP contribution >= 0.6 is 0 Å². The number of halogens is 1. The highest BCUT2D eigenvalue weighted by molar-refractivity contribution is 5.92. The van der Waals surface area contributed by atoms with E-state index in [1.165, 1.54) is 44.5 Å². The van der Waals surface area contributed by atoms with E-state index in [9.17, 15) is 14.0 Å². The molecule has 40 heavy (non-hydrogen) atoms. The smallest absolute Gasteiger partial charge is 0.328 e. The van der Waals surface area contributed by atoms with Crippen molar-refractivity contribution < 1.29 is 28.9 Å². The number of likely N-dealkylation sites (tertiary alicyclic amines) is 1. The highest BCUT2D eigenvalue weighted by atomic mass is 19.1. The lowest BCUT2D eigenvalue weighted by atomic mass is 10.1. The van der Waals surface area contributed by atoms with Crippen molar-refractivity contribution in [3.63, 3.8) is 0 Å². The zero-order chi connectivity index (χ0) is 28.3. The van der Waals surface area contributed by atoms with Gasteiger partial charge in [0.1, 0.15) is 17.3 Å². The van der Waals surface area contributed by atoms with Gasteiger partial charge in [0.05, 0.1) is 12.3 Å². The molecule has 2 N–H and O–H groups in total. The van der Waals surface area contributed by atoms with Crippen LogP contribution in [0.4, 0.5) is 4.39 Å². The lowest BCUT2D eigenvalue weighted by molar-refractivity contribution is -0.134. The Kier molecular flexibility index (Phi) is 9.95. The monoisotopic (exact) mass is 546 g/mol. The van der Waals surface area contributed by atoms with Crippen molar-refractivity contribution in [1.82, 2.24) is 19.7 Å². The van der Waals surface area contributed by atoms with Crippen molar-refractivity contribution in [3.05, 3.63) is 84.8 Å². The molecule has 0 atom stereocenters. The maximum atomic E-state index is 13.4. The summed E-state index contributed by atoms with van der Waals surface area (Å²) in [7, 11) is 0. The minimum Gasteiger partial charge on any atom is -0.493 e. The van der Waals surface area contributed by atoms with Gasteiger partial charge in [0.15, 0.2) is 5.65 Å². The summed E-state index contributed by atoms with van der Waals surface area (Å²) < 4.78 is 21.3. The Morgan fingerprint density at radius 3 is 2.38 bits per heavy atom. The maximum Gasteiger partial charge on any atom is 0.328 e. The summed E-state index contributed by atoms with van der Waals surface area (Å²) in [6.07, 6.45) is 7.88. The van der Waals surface area contributed by atoms with Gasteiger partial charge in [0.25, 0.3) is 0 Å². The highest BCUT2D eigenvalue weighted by Crippen LogP contribution is 2.29. The number of piperidine rings is 1. The van der Waals surface area contributed by atoms with Crippen LogP contribution in [-0.4, -0.2) is 68.1 Å². The Balaban J connectivity index is 0.000000406. The summed E-state index contributed by atoms with van der Waals surface area (Å²) in [5.41, 5.74) is 3.28. The van der Waals surface area contributed by atoms with E-state index in [2.05, 4.69) is 9.88 Å². The van der Waals surface area contributed by atoms with Crippen molar-refractivity contribution in [2.45, 2.75) is 25.7 Å². The molecule has 10 heteroatoms. The van der Waals surface area contributed by atoms with Gasteiger partial charge in [-0.05, 0) is 80.9 Å². The molecule has 0 unspecified atom stereocenters. The molecule has 5 rings (SSSR count). The first-order valence-corrected chi connectivity index (χ1v) is 13.1. The van der Waals surface area contributed by atoms with E-state index >= 15 is 0 Å². The van der Waals surface area contributed by atoms with Crippen LogP contribution in [0.1, 0.15) is 25.7 Å². The van der Waals surface area contributed by atoms with E-state index in [1.807, 2.05) is 41.1 Å². The number of carboxylic acids is 2. The first-order valence-electron chi connectivity index (χ1n) is 13.1. The molecule has 0 amide bonds. The van der Waals surface area contributed by atoms with Crippen LogP contribution in [-0.2, 0) is 9.59 Å². The lowest BCUT2D eigenvalue weighted by Crippen LogP contribution is -2.31. The number of aromatic nitrogens is 3. The number of carboxylic acid groups (broad SMARTS) is 2. The standard InChI is InChI=1S/C26H27FN4O.C4H4O4/c27-21-12-10-20(11-13-21)25-24-9-5-14-28-26(24)31(29-25)22-7-4-8-23(19-22)32-18-6-17-30-15-2-1-3-16-30;5-3(6)1-2-4(7)8/h4-5,7-14,19H,1-3,6,15-18H2;1-2H,(H,5,6)(H,7,8)/b;2-1+. The Bertz CT molecular complexity index is 1450. The lowest BCUT2D eigenvalue weighted by Gasteiger charge is -2.26. The molecule has 3 heterocycles. The van der Waals surface area contributed by atoms with Gasteiger partial charge in [0, 0.05) is 41.9 Å². The molecular weight excluding hydrogens is 515 g/mol. The molecule has 1 fully saturated rings. The van der Waals surface area contributed by atoms with Gasteiger partial charge in [-0.15, -0.1) is 0 Å². The normalized spacial score (nSPS) is 13.6. The molecule has 0 spiro atoms. The van der Waals surface area contributed by atoms with Gasteiger partial charge in [-0.25, -0.2) is 23.6 Å². The average Bonchev–Trinajstić information content (AvgIpc) is 3.36. The predicted octanol–water partition coefficient (Wildman–Crippen LogP) is 5.19. The van der Waals surface area contributed by atoms with E-state index in [1.54, 1.807) is 18.3 Å². The fraction of sp³-hybridized carbons (Fsp3) is 0.267. The number of nitrogens with zero attached hydrogens (tertiary/aromatic N) is 4. The molecule has 9 nitrogen and oxygen atoms in total. The topological polar surface area (TPSA) is 118 Å². The van der Waals surface area contributed by atoms with Gasteiger partial charge in [-0.3, -0.25) is 0 Å². The molecule has 2 aromatic carbocycles. The van der Waals surface area contributed by atoms with Crippen LogP contribution in [0.5, 0.6) is 5.75 Å². The van der Waals surface area contributed by atoms with Crippen molar-refractivity contribution in [2.75, 3.05) is 26.2 Å². The molecule has 0 radical (unpaired) electrons. The Hall–Kier alpha value is -4.57. The zero-order valence-electron chi connectivity index (χ0n) is 21.9. The third-order valence-corrected chi connectivity index (χ3v) is 6.33. The van der Waals surface area contributed by atoms with E-state index in [4.69, 9.17) is 20.0 Å². The van der Waals surface area contributed by atoms with Crippen LogP contribution in [0, 0.1) is 5.82 Å². The maximum absolute atomic E-state index is 13.4. The number of pyridine rings is 1. The van der Waals surface area contributed by atoms with Crippen LogP contribution in [0.15, 0.2) is 79.0 Å². The summed E-state index contributed by atoms with van der Waals surface area (Å²) in [5.74, 6) is -1.95. The second-order valence-corrected chi connectivity index (χ2v) is 9.25. The van der Waals surface area contributed by atoms with E-state index in [0.717, 1.165) is 46.7 Å². The molecule has 2 aromatic heterocycles. The Morgan fingerprint density at radius 1 is 0.950 bits per heavy atom. The predicted molar refractivity (Wildman–Crippen MR) is 149 cm³/mol. The second-order valence-electron chi connectivity index (χ2n) is 9.25. The van der Waals surface area contributed by atoms with Gasteiger partial charge in [-0.2, -0.15) is 5.10 Å². The first-order chi connectivity index (χ1) is 19.4. The number of hydrogen-bond donors (Lipinski definition) is 2. The number of ether oxygens (including phenoxy) is 1. The van der Waals surface area contributed by atoms with Crippen LogP contribution in [0.25, 0.3) is 28.0 Å². The Labute approximate surface area is 231 Å².